The van der Waals surface area contributed by atoms with Crippen LogP contribution in [0.1, 0.15) is 41.5 Å². The summed E-state index contributed by atoms with van der Waals surface area (Å²) in [6.45, 7) is 14.7. The molecule has 0 nitrogen and oxygen atoms in total. The molecule has 0 aliphatic heterocycles. The van der Waals surface area contributed by atoms with Crippen molar-refractivity contribution in [3.63, 3.8) is 0 Å². The van der Waals surface area contributed by atoms with Crippen LogP contribution in [0.5, 0.6) is 0 Å². The maximum absolute atomic E-state index is 2.65. The van der Waals surface area contributed by atoms with Crippen LogP contribution in [0.25, 0.3) is 0 Å². The second kappa shape index (κ2) is 8.26. The van der Waals surface area contributed by atoms with Gasteiger partial charge in [0.15, 0.2) is 0 Å². The van der Waals surface area contributed by atoms with E-state index < -0.39 is 26.5 Å². The van der Waals surface area contributed by atoms with Crippen LogP contribution in [-0.4, -0.2) is 26.5 Å². The molecule has 20 heavy (non-hydrogen) atoms. The van der Waals surface area contributed by atoms with Gasteiger partial charge in [-0.3, -0.25) is 0 Å². The van der Waals surface area contributed by atoms with Gasteiger partial charge in [-0.05, 0) is 0 Å². The molecule has 1 rings (SSSR count). The molecule has 0 atom stereocenters. The molecule has 116 valence electrons. The summed E-state index contributed by atoms with van der Waals surface area (Å²) in [6, 6.07) is 0. The van der Waals surface area contributed by atoms with Crippen molar-refractivity contribution in [1.29, 1.82) is 0 Å². The third-order valence-electron chi connectivity index (χ3n) is 6.69. The quantitative estimate of drug-likeness (QED) is 0.310. The molecule has 0 aromatic rings. The summed E-state index contributed by atoms with van der Waals surface area (Å²) >= 11 is -3.29. The first-order chi connectivity index (χ1) is 9.57. The van der Waals surface area contributed by atoms with E-state index in [0.717, 1.165) is 9.50 Å². The molecule has 2 heteroatoms. The summed E-state index contributed by atoms with van der Waals surface area (Å²) in [7, 11) is 0. The summed E-state index contributed by atoms with van der Waals surface area (Å²) in [5.41, 5.74) is 0. The molecule has 0 N–H and O–H groups in total. The Balaban J connectivity index is 2.92. The second-order valence-corrected chi connectivity index (χ2v) is 29.8. The predicted molar refractivity (Wildman–Crippen MR) is 100 cm³/mol. The third-order valence-corrected chi connectivity index (χ3v) is 32.0. The second-order valence-electron chi connectivity index (χ2n) is 6.67. The van der Waals surface area contributed by atoms with E-state index >= 15 is 0 Å². The number of hydrogen-bond acceptors (Lipinski definition) is 0. The van der Waals surface area contributed by atoms with Crippen molar-refractivity contribution in [1.82, 2.24) is 0 Å². The molecule has 1 aliphatic carbocycles. The predicted octanol–water partition coefficient (Wildman–Crippen LogP) is 6.87. The normalized spacial score (nSPS) is 23.3. The molecule has 0 heterocycles. The van der Waals surface area contributed by atoms with Crippen LogP contribution in [0.4, 0.5) is 0 Å². The van der Waals surface area contributed by atoms with E-state index in [0.29, 0.717) is 0 Å². The Hall–Kier alpha value is 0.566. The monoisotopic (exact) mass is 400 g/mol. The molecule has 0 spiro atoms. The van der Waals surface area contributed by atoms with Crippen molar-refractivity contribution in [2.45, 2.75) is 82.6 Å². The van der Waals surface area contributed by atoms with Gasteiger partial charge in [-0.15, -0.1) is 0 Å². The van der Waals surface area contributed by atoms with Crippen molar-refractivity contribution in [2.75, 3.05) is 0 Å². The van der Waals surface area contributed by atoms with Gasteiger partial charge in [0, 0.05) is 0 Å². The molecule has 0 bridgehead atoms. The van der Waals surface area contributed by atoms with Crippen LogP contribution in [0.15, 0.2) is 24.3 Å². The molecule has 0 amide bonds. The Morgan fingerprint density at radius 2 is 0.700 bits per heavy atom. The van der Waals surface area contributed by atoms with Crippen molar-refractivity contribution >= 4 is 26.5 Å². The topological polar surface area (TPSA) is 0 Å². The van der Waals surface area contributed by atoms with Crippen molar-refractivity contribution < 1.29 is 0 Å². The van der Waals surface area contributed by atoms with Crippen LogP contribution in [-0.2, 0) is 0 Å². The van der Waals surface area contributed by atoms with E-state index in [1.54, 1.807) is 0 Å². The number of allylic oxidation sites excluding steroid dienone is 4. The fourth-order valence-corrected chi connectivity index (χ4v) is 20.9. The fraction of sp³-hybridized carbons (Fsp3) is 0.778. The van der Waals surface area contributed by atoms with Crippen LogP contribution >= 0.6 is 0 Å². The van der Waals surface area contributed by atoms with Gasteiger partial charge in [-0.1, -0.05) is 0 Å². The fourth-order valence-electron chi connectivity index (χ4n) is 4.34. The molecule has 0 saturated heterocycles. The summed E-state index contributed by atoms with van der Waals surface area (Å²) in [5.74, 6) is 0. The number of hydrogen-bond donors (Lipinski definition) is 0. The molecular weight excluding hydrogens is 361 g/mol. The zero-order chi connectivity index (χ0) is 15.2. The van der Waals surface area contributed by atoms with Crippen molar-refractivity contribution in [3.05, 3.63) is 24.3 Å². The molecule has 1 aliphatic rings. The van der Waals surface area contributed by atoms with Gasteiger partial charge in [0.1, 0.15) is 0 Å². The standard InChI is InChI=1S/C18H36Ge2/c1-7-19(8-2,9-3)17-13-15-18(16-14-17)20(10-4,11-5)12-6/h13-18H,7-12H2,1-6H3. The molecule has 0 radical (unpaired) electrons. The molecular formula is C18H36Ge2. The van der Waals surface area contributed by atoms with Gasteiger partial charge in [0.25, 0.3) is 0 Å². The summed E-state index contributed by atoms with van der Waals surface area (Å²) < 4.78 is 1.72. The van der Waals surface area contributed by atoms with E-state index in [1.807, 2.05) is 0 Å². The zero-order valence-electron chi connectivity index (χ0n) is 14.7. The SMILES string of the molecule is C[CH2][Ge]([CH2]C)([CH2]C)[CH]1C=C[CH]([Ge]([CH2]C)([CH2]C)[CH2]C)C=C1. The molecule has 0 fully saturated rings. The first-order valence-electron chi connectivity index (χ1n) is 8.94. The van der Waals surface area contributed by atoms with E-state index in [1.165, 1.54) is 31.5 Å². The van der Waals surface area contributed by atoms with Gasteiger partial charge in [-0.25, -0.2) is 0 Å². The van der Waals surface area contributed by atoms with E-state index in [4.69, 9.17) is 0 Å². The first-order valence-corrected chi connectivity index (χ1v) is 20.3. The van der Waals surface area contributed by atoms with Crippen LogP contribution < -0.4 is 0 Å². The minimum absolute atomic E-state index is 0.858. The average Bonchev–Trinajstić information content (AvgIpc) is 2.53. The Morgan fingerprint density at radius 1 is 0.500 bits per heavy atom. The summed E-state index contributed by atoms with van der Waals surface area (Å²) in [6.07, 6.45) is 10.6. The Morgan fingerprint density at radius 3 is 0.850 bits per heavy atom. The van der Waals surface area contributed by atoms with Crippen LogP contribution in [0, 0.1) is 0 Å². The molecule has 0 aromatic carbocycles. The van der Waals surface area contributed by atoms with Crippen LogP contribution in [0.3, 0.4) is 0 Å². The molecule has 0 saturated carbocycles. The number of rotatable bonds is 8. The summed E-state index contributed by atoms with van der Waals surface area (Å²) in [5, 5.41) is 8.91. The maximum atomic E-state index is 2.65. The summed E-state index contributed by atoms with van der Waals surface area (Å²) in [4.78, 5) is 0. The minimum atomic E-state index is -1.64. The first kappa shape index (κ1) is 18.6. The van der Waals surface area contributed by atoms with Crippen LogP contribution in [0.2, 0.25) is 41.0 Å². The molecule has 0 aromatic heterocycles. The molecule has 0 unspecified atom stereocenters. The van der Waals surface area contributed by atoms with Gasteiger partial charge >= 0.3 is 133 Å². The van der Waals surface area contributed by atoms with Crippen molar-refractivity contribution in [2.24, 2.45) is 0 Å². The van der Waals surface area contributed by atoms with Crippen molar-refractivity contribution in [3.8, 4) is 0 Å². The van der Waals surface area contributed by atoms with Gasteiger partial charge in [-0.2, -0.15) is 0 Å². The Labute approximate surface area is 133 Å². The Kier molecular flexibility index (Phi) is 7.69. The van der Waals surface area contributed by atoms with Gasteiger partial charge in [0.2, 0.25) is 0 Å². The van der Waals surface area contributed by atoms with Gasteiger partial charge < -0.3 is 0 Å². The Bertz CT molecular complexity index is 273. The average molecular weight is 398 g/mol. The third kappa shape index (κ3) is 3.48. The zero-order valence-corrected chi connectivity index (χ0v) is 18.9. The van der Waals surface area contributed by atoms with E-state index in [2.05, 4.69) is 65.8 Å². The van der Waals surface area contributed by atoms with E-state index in [-0.39, 0.29) is 0 Å². The van der Waals surface area contributed by atoms with Gasteiger partial charge in [0.05, 0.1) is 0 Å². The van der Waals surface area contributed by atoms with E-state index in [9.17, 15) is 0 Å².